The Kier molecular flexibility index (Phi) is 36.7. The Balaban J connectivity index is -0.0000000454. The molecule has 0 spiro atoms. The first-order valence-electron chi connectivity index (χ1n) is 4.26. The van der Waals surface area contributed by atoms with Gasteiger partial charge in [0.25, 0.3) is 0 Å². The van der Waals surface area contributed by atoms with Crippen molar-refractivity contribution in [3.8, 4) is 0 Å². The first-order chi connectivity index (χ1) is 7.02. The molecule has 0 aromatic rings. The van der Waals surface area contributed by atoms with Gasteiger partial charge < -0.3 is 24.8 Å². The van der Waals surface area contributed by atoms with Crippen LogP contribution in [0.2, 0.25) is 0 Å². The third-order valence-corrected chi connectivity index (χ3v) is 1.26. The van der Waals surface area contributed by atoms with Crippen LogP contribution in [0.5, 0.6) is 0 Å². The SMILES string of the molecule is CC(=O)N(C)C.CC(=O)N(C)C.O=C([O-])[O-].[K+].[K+]. The molecule has 0 heterocycles. The molecule has 0 rings (SSSR count). The van der Waals surface area contributed by atoms with Crippen LogP contribution in [0.15, 0.2) is 0 Å². The third-order valence-electron chi connectivity index (χ3n) is 1.26. The molecule has 7 nitrogen and oxygen atoms in total. The quantitative estimate of drug-likeness (QED) is 0.413. The summed E-state index contributed by atoms with van der Waals surface area (Å²) in [7, 11) is 6.90. The van der Waals surface area contributed by atoms with Crippen molar-refractivity contribution in [2.45, 2.75) is 13.8 Å². The van der Waals surface area contributed by atoms with Gasteiger partial charge in [-0.05, 0) is 6.16 Å². The summed E-state index contributed by atoms with van der Waals surface area (Å²) in [5.74, 6) is 0.185. The van der Waals surface area contributed by atoms with Crippen molar-refractivity contribution in [3.63, 3.8) is 0 Å². The number of hydrogen-bond donors (Lipinski definition) is 0. The Labute approximate surface area is 193 Å². The number of nitrogens with zero attached hydrogens (tertiary/aromatic N) is 2. The Hall–Kier alpha value is 1.48. The zero-order chi connectivity index (χ0) is 13.9. The van der Waals surface area contributed by atoms with Crippen molar-refractivity contribution in [2.75, 3.05) is 28.2 Å². The van der Waals surface area contributed by atoms with Gasteiger partial charge in [0.15, 0.2) is 0 Å². The van der Waals surface area contributed by atoms with E-state index >= 15 is 0 Å². The molecule has 0 aliphatic heterocycles. The van der Waals surface area contributed by atoms with Crippen molar-refractivity contribution in [1.29, 1.82) is 0 Å². The van der Waals surface area contributed by atoms with E-state index in [4.69, 9.17) is 15.0 Å². The smallest absolute Gasteiger partial charge is 0.652 e. The maximum Gasteiger partial charge on any atom is 1.00 e. The Bertz CT molecular complexity index is 213. The maximum atomic E-state index is 10.1. The van der Waals surface area contributed by atoms with Crippen LogP contribution in [0.4, 0.5) is 4.79 Å². The number of carbonyl (C=O) groups is 3. The molecular weight excluding hydrogens is 294 g/mol. The molecule has 0 fully saturated rings. The minimum Gasteiger partial charge on any atom is -0.652 e. The molecule has 0 aliphatic rings. The normalized spacial score (nSPS) is 6.56. The molecule has 0 bridgehead atoms. The van der Waals surface area contributed by atoms with Crippen LogP contribution >= 0.6 is 0 Å². The molecule has 0 aliphatic carbocycles. The topological polar surface area (TPSA) is 104 Å². The molecule has 0 saturated heterocycles. The number of hydrogen-bond acceptors (Lipinski definition) is 5. The molecule has 0 aromatic carbocycles. The van der Waals surface area contributed by atoms with E-state index in [1.165, 1.54) is 23.6 Å². The van der Waals surface area contributed by atoms with E-state index in [1.54, 1.807) is 28.2 Å². The largest absolute Gasteiger partial charge is 1.00 e. The third kappa shape index (κ3) is 52.8. The molecule has 0 unspecified atom stereocenters. The van der Waals surface area contributed by atoms with Crippen molar-refractivity contribution in [1.82, 2.24) is 9.80 Å². The molecule has 0 saturated carbocycles. The van der Waals surface area contributed by atoms with E-state index < -0.39 is 6.16 Å². The number of rotatable bonds is 0. The Morgan fingerprint density at radius 3 is 0.778 bits per heavy atom. The Morgan fingerprint density at radius 1 is 0.722 bits per heavy atom. The van der Waals surface area contributed by atoms with Crippen LogP contribution in [-0.4, -0.2) is 56.0 Å². The van der Waals surface area contributed by atoms with E-state index in [-0.39, 0.29) is 115 Å². The van der Waals surface area contributed by atoms with Crippen LogP contribution in [0.25, 0.3) is 0 Å². The molecule has 0 aromatic heterocycles. The second kappa shape index (κ2) is 20.8. The zero-order valence-electron chi connectivity index (χ0n) is 12.4. The van der Waals surface area contributed by atoms with Gasteiger partial charge in [0, 0.05) is 42.0 Å². The van der Waals surface area contributed by atoms with Gasteiger partial charge in [0.05, 0.1) is 0 Å². The number of carbonyl (C=O) groups excluding carboxylic acids is 3. The summed E-state index contributed by atoms with van der Waals surface area (Å²) in [5, 5.41) is 16.7. The average molecular weight is 312 g/mol. The number of carboxylic acid groups (broad SMARTS) is 2. The fourth-order valence-corrected chi connectivity index (χ4v) is 0. The molecule has 96 valence electrons. The molecule has 0 atom stereocenters. The summed E-state index contributed by atoms with van der Waals surface area (Å²) in [6.45, 7) is 3.06. The van der Waals surface area contributed by atoms with Gasteiger partial charge in [-0.15, -0.1) is 0 Å². The van der Waals surface area contributed by atoms with E-state index in [2.05, 4.69) is 0 Å². The summed E-state index contributed by atoms with van der Waals surface area (Å²) >= 11 is 0. The first kappa shape index (κ1) is 31.7. The van der Waals surface area contributed by atoms with Crippen molar-refractivity contribution >= 4 is 18.0 Å². The van der Waals surface area contributed by atoms with Crippen molar-refractivity contribution in [3.05, 3.63) is 0 Å². The van der Waals surface area contributed by atoms with Crippen molar-refractivity contribution < 1.29 is 127 Å². The minimum atomic E-state index is -2.33. The van der Waals surface area contributed by atoms with Gasteiger partial charge in [-0.25, -0.2) is 0 Å². The minimum absolute atomic E-state index is 0. The maximum absolute atomic E-state index is 10.1. The van der Waals surface area contributed by atoms with Gasteiger partial charge in [-0.1, -0.05) is 0 Å². The van der Waals surface area contributed by atoms with Gasteiger partial charge >= 0.3 is 103 Å². The summed E-state index contributed by atoms with van der Waals surface area (Å²) in [5.41, 5.74) is 0. The van der Waals surface area contributed by atoms with Gasteiger partial charge in [0.2, 0.25) is 11.8 Å². The van der Waals surface area contributed by atoms with Crippen LogP contribution < -0.4 is 113 Å². The summed E-state index contributed by atoms with van der Waals surface area (Å²) in [6, 6.07) is 0. The summed E-state index contributed by atoms with van der Waals surface area (Å²) in [4.78, 5) is 31.5. The second-order valence-corrected chi connectivity index (χ2v) is 3.08. The summed E-state index contributed by atoms with van der Waals surface area (Å²) < 4.78 is 0. The van der Waals surface area contributed by atoms with Crippen LogP contribution in [-0.2, 0) is 9.59 Å². The van der Waals surface area contributed by atoms with E-state index in [0.717, 1.165) is 0 Å². The predicted octanol–water partition coefficient (Wildman–Crippen LogP) is -8.25. The second-order valence-electron chi connectivity index (χ2n) is 3.08. The Morgan fingerprint density at radius 2 is 0.778 bits per heavy atom. The van der Waals surface area contributed by atoms with Gasteiger partial charge in [-0.3, -0.25) is 9.59 Å². The predicted molar refractivity (Wildman–Crippen MR) is 54.1 cm³/mol. The van der Waals surface area contributed by atoms with Gasteiger partial charge in [0.1, 0.15) is 0 Å². The van der Waals surface area contributed by atoms with E-state index in [1.807, 2.05) is 0 Å². The van der Waals surface area contributed by atoms with Crippen molar-refractivity contribution in [2.24, 2.45) is 0 Å². The number of amides is 2. The zero-order valence-corrected chi connectivity index (χ0v) is 18.7. The van der Waals surface area contributed by atoms with E-state index in [9.17, 15) is 9.59 Å². The fraction of sp³-hybridized carbons (Fsp3) is 0.667. The summed E-state index contributed by atoms with van der Waals surface area (Å²) in [6.07, 6.45) is -2.33. The molecule has 2 amide bonds. The van der Waals surface area contributed by atoms with E-state index in [0.29, 0.717) is 0 Å². The van der Waals surface area contributed by atoms with Crippen LogP contribution in [0, 0.1) is 0 Å². The van der Waals surface area contributed by atoms with Crippen LogP contribution in [0.1, 0.15) is 13.8 Å². The molecule has 9 heteroatoms. The van der Waals surface area contributed by atoms with Gasteiger partial charge in [-0.2, -0.15) is 0 Å². The molecular formula is C9H18K2N2O5. The monoisotopic (exact) mass is 312 g/mol. The van der Waals surface area contributed by atoms with Crippen LogP contribution in [0.3, 0.4) is 0 Å². The molecule has 0 N–H and O–H groups in total. The first-order valence-corrected chi connectivity index (χ1v) is 4.26. The standard InChI is InChI=1S/2C4H9NO.CH2O3.2K/c2*1-4(6)5(2)3;2-1(3)4;;/h2*1-3H3;(H2,2,3,4);;/q;;;2*+1/p-2. The fourth-order valence-electron chi connectivity index (χ4n) is 0. The molecule has 18 heavy (non-hydrogen) atoms. The molecule has 0 radical (unpaired) electrons. The average Bonchev–Trinajstić information content (AvgIpc) is 2.03.